The van der Waals surface area contributed by atoms with Crippen molar-refractivity contribution in [2.24, 2.45) is 0 Å². The van der Waals surface area contributed by atoms with Crippen molar-refractivity contribution in [1.29, 1.82) is 0 Å². The number of rotatable bonds is 5. The lowest BCUT2D eigenvalue weighted by Crippen LogP contribution is -2.17. The molecule has 8 heteroatoms. The van der Waals surface area contributed by atoms with Crippen LogP contribution in [-0.4, -0.2) is 14.8 Å². The fourth-order valence-corrected chi connectivity index (χ4v) is 4.02. The minimum atomic E-state index is -4.51. The quantitative estimate of drug-likeness (QED) is 0.332. The van der Waals surface area contributed by atoms with Crippen molar-refractivity contribution in [2.75, 3.05) is 0 Å². The Morgan fingerprint density at radius 2 is 1.63 bits per heavy atom. The second kappa shape index (κ2) is 8.02. The number of thiazole rings is 1. The number of halogens is 4. The van der Waals surface area contributed by atoms with Crippen LogP contribution < -0.4 is 0 Å². The fourth-order valence-electron chi connectivity index (χ4n) is 3.14. The monoisotopic (exact) mass is 431 g/mol. The maximum absolute atomic E-state index is 13.6. The molecule has 0 aliphatic heterocycles. The summed E-state index contributed by atoms with van der Waals surface area (Å²) in [6, 6.07) is 15.8. The Morgan fingerprint density at radius 1 is 0.967 bits per heavy atom. The molecular weight excluding hydrogens is 414 g/mol. The van der Waals surface area contributed by atoms with Gasteiger partial charge >= 0.3 is 6.18 Å². The maximum atomic E-state index is 13.6. The third-order valence-electron chi connectivity index (χ3n) is 4.67. The molecule has 0 amide bonds. The molecule has 1 atom stereocenters. The summed E-state index contributed by atoms with van der Waals surface area (Å²) in [5.74, 6) is -0.621. The molecule has 3 nitrogen and oxygen atoms in total. The standard InChI is InChI=1S/C22H17F4N3S/c1-14(21-27-19(13-30-21)16-7-9-17(23)10-8-16)12-29-20(22(24,25)26)11-18(28-29)15-5-3-2-4-6-15/h2-11,13-14H,12H2,1H3. The van der Waals surface area contributed by atoms with Crippen LogP contribution in [-0.2, 0) is 12.7 Å². The van der Waals surface area contributed by atoms with Crippen LogP contribution >= 0.6 is 11.3 Å². The van der Waals surface area contributed by atoms with Gasteiger partial charge in [0.25, 0.3) is 0 Å². The SMILES string of the molecule is CC(Cn1nc(-c2ccccc2)cc1C(F)(F)F)c1nc(-c2ccc(F)cc2)cs1. The van der Waals surface area contributed by atoms with Crippen molar-refractivity contribution in [3.8, 4) is 22.5 Å². The Bertz CT molecular complexity index is 1130. The minimum Gasteiger partial charge on any atom is -0.259 e. The number of alkyl halides is 3. The highest BCUT2D eigenvalue weighted by molar-refractivity contribution is 7.10. The van der Waals surface area contributed by atoms with Gasteiger partial charge in [-0.15, -0.1) is 11.3 Å². The summed E-state index contributed by atoms with van der Waals surface area (Å²) < 4.78 is 54.9. The average molecular weight is 431 g/mol. The summed E-state index contributed by atoms with van der Waals surface area (Å²) in [5, 5.41) is 6.73. The van der Waals surface area contributed by atoms with E-state index < -0.39 is 11.9 Å². The van der Waals surface area contributed by atoms with Crippen molar-refractivity contribution in [3.05, 3.63) is 82.6 Å². The summed E-state index contributed by atoms with van der Waals surface area (Å²) in [7, 11) is 0. The van der Waals surface area contributed by atoms with E-state index in [2.05, 4.69) is 10.1 Å². The second-order valence-corrected chi connectivity index (χ2v) is 7.83. The van der Waals surface area contributed by atoms with Gasteiger partial charge in [0.15, 0.2) is 0 Å². The van der Waals surface area contributed by atoms with Gasteiger partial charge in [0.1, 0.15) is 11.5 Å². The zero-order chi connectivity index (χ0) is 21.3. The molecule has 0 aliphatic rings. The van der Waals surface area contributed by atoms with Crippen molar-refractivity contribution >= 4 is 11.3 Å². The molecule has 0 fully saturated rings. The van der Waals surface area contributed by atoms with E-state index in [1.165, 1.54) is 23.5 Å². The molecule has 0 radical (unpaired) electrons. The number of benzene rings is 2. The molecule has 0 N–H and O–H groups in total. The molecule has 2 aromatic carbocycles. The van der Waals surface area contributed by atoms with E-state index in [1.54, 1.807) is 42.5 Å². The van der Waals surface area contributed by atoms with Gasteiger partial charge in [-0.25, -0.2) is 9.37 Å². The molecule has 0 spiro atoms. The van der Waals surface area contributed by atoms with Crippen LogP contribution in [0.4, 0.5) is 17.6 Å². The largest absolute Gasteiger partial charge is 0.433 e. The van der Waals surface area contributed by atoms with Crippen LogP contribution in [0.5, 0.6) is 0 Å². The van der Waals surface area contributed by atoms with Crippen molar-refractivity contribution in [3.63, 3.8) is 0 Å². The van der Waals surface area contributed by atoms with Crippen LogP contribution in [0, 0.1) is 5.82 Å². The Hall–Kier alpha value is -3.00. The molecule has 1 unspecified atom stereocenters. The first-order valence-electron chi connectivity index (χ1n) is 9.23. The molecule has 0 saturated heterocycles. The maximum Gasteiger partial charge on any atom is 0.433 e. The molecular formula is C22H17F4N3S. The van der Waals surface area contributed by atoms with E-state index in [-0.39, 0.29) is 24.0 Å². The summed E-state index contributed by atoms with van der Waals surface area (Å²) in [6.45, 7) is 1.86. The second-order valence-electron chi connectivity index (χ2n) is 6.94. The predicted molar refractivity (Wildman–Crippen MR) is 109 cm³/mol. The third-order valence-corrected chi connectivity index (χ3v) is 5.75. The van der Waals surface area contributed by atoms with Crippen LogP contribution in [0.25, 0.3) is 22.5 Å². The number of hydrogen-bond acceptors (Lipinski definition) is 3. The van der Waals surface area contributed by atoms with E-state index >= 15 is 0 Å². The topological polar surface area (TPSA) is 30.7 Å². The van der Waals surface area contributed by atoms with Gasteiger partial charge in [-0.3, -0.25) is 4.68 Å². The smallest absolute Gasteiger partial charge is 0.259 e. The number of nitrogens with zero attached hydrogens (tertiary/aromatic N) is 3. The van der Waals surface area contributed by atoms with Gasteiger partial charge in [-0.05, 0) is 30.3 Å². The normalized spacial score (nSPS) is 12.8. The van der Waals surface area contributed by atoms with Crippen molar-refractivity contribution in [2.45, 2.75) is 25.6 Å². The van der Waals surface area contributed by atoms with Crippen molar-refractivity contribution in [1.82, 2.24) is 14.8 Å². The number of hydrogen-bond donors (Lipinski definition) is 0. The lowest BCUT2D eigenvalue weighted by atomic mass is 10.1. The molecule has 154 valence electrons. The summed E-state index contributed by atoms with van der Waals surface area (Å²) in [5.41, 5.74) is 1.54. The minimum absolute atomic E-state index is 0.0397. The lowest BCUT2D eigenvalue weighted by molar-refractivity contribution is -0.144. The molecule has 0 bridgehead atoms. The van der Waals surface area contributed by atoms with Crippen LogP contribution in [0.1, 0.15) is 23.5 Å². The van der Waals surface area contributed by atoms with E-state index in [0.717, 1.165) is 16.3 Å². The van der Waals surface area contributed by atoms with Crippen molar-refractivity contribution < 1.29 is 17.6 Å². The summed E-state index contributed by atoms with van der Waals surface area (Å²) in [6.07, 6.45) is -4.51. The van der Waals surface area contributed by atoms with Gasteiger partial charge in [0.2, 0.25) is 0 Å². The number of aromatic nitrogens is 3. The van der Waals surface area contributed by atoms with Crippen LogP contribution in [0.2, 0.25) is 0 Å². The van der Waals surface area contributed by atoms with Gasteiger partial charge in [0, 0.05) is 22.4 Å². The van der Waals surface area contributed by atoms with Crippen LogP contribution in [0.3, 0.4) is 0 Å². The molecule has 0 saturated carbocycles. The first-order chi connectivity index (χ1) is 14.3. The van der Waals surface area contributed by atoms with E-state index in [0.29, 0.717) is 16.3 Å². The zero-order valence-corrected chi connectivity index (χ0v) is 16.7. The van der Waals surface area contributed by atoms with Gasteiger partial charge < -0.3 is 0 Å². The molecule has 4 rings (SSSR count). The summed E-state index contributed by atoms with van der Waals surface area (Å²) in [4.78, 5) is 4.54. The van der Waals surface area contributed by atoms with E-state index in [1.807, 2.05) is 12.3 Å². The van der Waals surface area contributed by atoms with Crippen LogP contribution in [0.15, 0.2) is 66.0 Å². The molecule has 0 aliphatic carbocycles. The van der Waals surface area contributed by atoms with E-state index in [4.69, 9.17) is 0 Å². The fraction of sp³-hybridized carbons (Fsp3) is 0.182. The lowest BCUT2D eigenvalue weighted by Gasteiger charge is -2.13. The van der Waals surface area contributed by atoms with Gasteiger partial charge in [-0.2, -0.15) is 18.3 Å². The Labute approximate surface area is 174 Å². The highest BCUT2D eigenvalue weighted by Gasteiger charge is 2.36. The van der Waals surface area contributed by atoms with E-state index in [9.17, 15) is 17.6 Å². The predicted octanol–water partition coefficient (Wildman–Crippen LogP) is 6.64. The molecule has 2 aromatic heterocycles. The zero-order valence-electron chi connectivity index (χ0n) is 15.9. The first kappa shape index (κ1) is 20.3. The van der Waals surface area contributed by atoms with Gasteiger partial charge in [-0.1, -0.05) is 37.3 Å². The molecule has 2 heterocycles. The molecule has 4 aromatic rings. The molecule has 30 heavy (non-hydrogen) atoms. The third kappa shape index (κ3) is 4.28. The summed E-state index contributed by atoms with van der Waals surface area (Å²) >= 11 is 1.37. The highest BCUT2D eigenvalue weighted by Crippen LogP contribution is 2.34. The first-order valence-corrected chi connectivity index (χ1v) is 10.1. The highest BCUT2D eigenvalue weighted by atomic mass is 32.1. The average Bonchev–Trinajstić information content (AvgIpc) is 3.37. The van der Waals surface area contributed by atoms with Gasteiger partial charge in [0.05, 0.1) is 22.9 Å². The Balaban J connectivity index is 1.60. The Kier molecular flexibility index (Phi) is 5.42. The Morgan fingerprint density at radius 3 is 2.30 bits per heavy atom.